The highest BCUT2D eigenvalue weighted by molar-refractivity contribution is 5.56. The third-order valence-corrected chi connectivity index (χ3v) is 8.49. The van der Waals surface area contributed by atoms with Gasteiger partial charge in [-0.1, -0.05) is 54.6 Å². The molecule has 3 aliphatic heterocycles. The number of epoxide rings is 3. The number of hydrogen-bond donors (Lipinski definition) is 0. The van der Waals surface area contributed by atoms with E-state index in [9.17, 15) is 0 Å². The highest BCUT2D eigenvalue weighted by atomic mass is 16.6. The van der Waals surface area contributed by atoms with Crippen LogP contribution in [0.2, 0.25) is 0 Å². The van der Waals surface area contributed by atoms with Gasteiger partial charge in [-0.3, -0.25) is 0 Å². The van der Waals surface area contributed by atoms with Crippen molar-refractivity contribution in [2.45, 2.75) is 49.9 Å². The van der Waals surface area contributed by atoms with Gasteiger partial charge in [-0.25, -0.2) is 0 Å². The van der Waals surface area contributed by atoms with Crippen LogP contribution in [0.5, 0.6) is 17.2 Å². The average Bonchev–Trinajstić information content (AvgIpc) is 3.87. The molecule has 0 aromatic heterocycles. The van der Waals surface area contributed by atoms with Gasteiger partial charge >= 0.3 is 0 Å². The molecule has 0 spiro atoms. The molecule has 6 heteroatoms. The van der Waals surface area contributed by atoms with Gasteiger partial charge in [-0.15, -0.1) is 19.7 Å². The Morgan fingerprint density at radius 2 is 0.886 bits per heavy atom. The Hall–Kier alpha value is -3.84. The van der Waals surface area contributed by atoms with Gasteiger partial charge < -0.3 is 28.4 Å². The Kier molecular flexibility index (Phi) is 9.22. The predicted molar refractivity (Wildman–Crippen MR) is 172 cm³/mol. The van der Waals surface area contributed by atoms with Crippen LogP contribution in [-0.2, 0) is 38.9 Å². The molecule has 3 saturated heterocycles. The first kappa shape index (κ1) is 30.2. The fourth-order valence-corrected chi connectivity index (χ4v) is 5.58. The number of ether oxygens (including phenoxy) is 6. The van der Waals surface area contributed by atoms with Gasteiger partial charge in [0.2, 0.25) is 0 Å². The molecule has 3 aromatic carbocycles. The molecule has 0 N–H and O–H groups in total. The minimum absolute atomic E-state index is 0.183. The van der Waals surface area contributed by atoms with E-state index in [4.69, 9.17) is 28.4 Å². The van der Waals surface area contributed by atoms with Crippen molar-refractivity contribution < 1.29 is 28.4 Å². The van der Waals surface area contributed by atoms with E-state index in [-0.39, 0.29) is 18.3 Å². The lowest BCUT2D eigenvalue weighted by Gasteiger charge is -2.34. The molecule has 230 valence electrons. The summed E-state index contributed by atoms with van der Waals surface area (Å²) in [6.45, 7) is 18.3. The fraction of sp³-hybridized carbons (Fsp3) is 0.368. The zero-order chi connectivity index (χ0) is 30.5. The largest absolute Gasteiger partial charge is 0.490 e. The molecule has 3 fully saturated rings. The third-order valence-electron chi connectivity index (χ3n) is 8.49. The zero-order valence-corrected chi connectivity index (χ0v) is 25.6. The van der Waals surface area contributed by atoms with Crippen molar-refractivity contribution in [3.63, 3.8) is 0 Å². The van der Waals surface area contributed by atoms with Gasteiger partial charge in [-0.2, -0.15) is 0 Å². The van der Waals surface area contributed by atoms with Crippen LogP contribution in [0.25, 0.3) is 0 Å². The van der Waals surface area contributed by atoms with E-state index >= 15 is 0 Å². The molecule has 0 aliphatic carbocycles. The minimum Gasteiger partial charge on any atom is -0.490 e. The molecule has 3 heterocycles. The van der Waals surface area contributed by atoms with Crippen LogP contribution in [0.4, 0.5) is 0 Å². The number of benzene rings is 3. The van der Waals surface area contributed by atoms with E-state index in [1.165, 1.54) is 0 Å². The summed E-state index contributed by atoms with van der Waals surface area (Å²) in [7, 11) is 0. The summed E-state index contributed by atoms with van der Waals surface area (Å²) < 4.78 is 34.7. The van der Waals surface area contributed by atoms with Crippen LogP contribution in [-0.4, -0.2) is 58.0 Å². The van der Waals surface area contributed by atoms with Crippen LogP contribution in [0.1, 0.15) is 40.3 Å². The van der Waals surface area contributed by atoms with E-state index in [1.54, 1.807) is 0 Å². The zero-order valence-electron chi connectivity index (χ0n) is 25.6. The van der Waals surface area contributed by atoms with E-state index < -0.39 is 5.41 Å². The molecular weight excluding hydrogens is 552 g/mol. The molecule has 0 amide bonds. The van der Waals surface area contributed by atoms with Gasteiger partial charge in [0.1, 0.15) is 55.4 Å². The van der Waals surface area contributed by atoms with E-state index in [0.29, 0.717) is 39.1 Å². The highest BCUT2D eigenvalue weighted by Gasteiger charge is 2.34. The summed E-state index contributed by atoms with van der Waals surface area (Å²) in [6, 6.07) is 19.6. The van der Waals surface area contributed by atoms with Crippen LogP contribution < -0.4 is 14.2 Å². The van der Waals surface area contributed by atoms with Gasteiger partial charge in [0.15, 0.2) is 0 Å². The summed E-state index contributed by atoms with van der Waals surface area (Å²) in [5, 5.41) is 0. The normalized spacial score (nSPS) is 21.1. The average molecular weight is 595 g/mol. The minimum atomic E-state index is -0.518. The maximum absolute atomic E-state index is 6.18. The Labute approximate surface area is 260 Å². The summed E-state index contributed by atoms with van der Waals surface area (Å²) in [6.07, 6.45) is 8.40. The quantitative estimate of drug-likeness (QED) is 0.0945. The summed E-state index contributed by atoms with van der Waals surface area (Å²) >= 11 is 0. The van der Waals surface area contributed by atoms with Crippen molar-refractivity contribution >= 4 is 0 Å². The summed E-state index contributed by atoms with van der Waals surface area (Å²) in [4.78, 5) is 0. The standard InChI is InChI=1S/C38H42O6/c1-5-8-26-17-29(11-14-35(26)42-23-32-20-39-32)38(4,30-12-15-36(27(18-30)9-6-2)43-24-33-21-40-33)31-13-16-37(28(19-31)10-7-3)44-25-34-22-41-34/h5-7,11-19,32-34H,1-3,8-10,20-25H2,4H3. The molecule has 3 aliphatic rings. The van der Waals surface area contributed by atoms with Crippen molar-refractivity contribution in [2.75, 3.05) is 39.6 Å². The molecule has 0 radical (unpaired) electrons. The first-order valence-electron chi connectivity index (χ1n) is 15.5. The maximum Gasteiger partial charge on any atom is 0.122 e. The van der Waals surface area contributed by atoms with E-state index in [2.05, 4.69) is 81.3 Å². The van der Waals surface area contributed by atoms with Gasteiger partial charge in [0.05, 0.1) is 19.8 Å². The summed E-state index contributed by atoms with van der Waals surface area (Å²) in [5.41, 5.74) is 6.22. The lowest BCUT2D eigenvalue weighted by atomic mass is 9.70. The number of allylic oxidation sites excluding steroid dienone is 3. The molecule has 3 atom stereocenters. The van der Waals surface area contributed by atoms with Gasteiger partial charge in [-0.05, 0) is 77.8 Å². The number of rotatable bonds is 18. The van der Waals surface area contributed by atoms with Crippen LogP contribution >= 0.6 is 0 Å². The van der Waals surface area contributed by atoms with Crippen molar-refractivity contribution in [3.05, 3.63) is 126 Å². The van der Waals surface area contributed by atoms with Gasteiger partial charge in [0.25, 0.3) is 0 Å². The fourth-order valence-electron chi connectivity index (χ4n) is 5.58. The lowest BCUT2D eigenvalue weighted by molar-refractivity contribution is 0.261. The van der Waals surface area contributed by atoms with Crippen molar-refractivity contribution in [3.8, 4) is 17.2 Å². The first-order chi connectivity index (χ1) is 21.5. The third kappa shape index (κ3) is 7.10. The molecule has 44 heavy (non-hydrogen) atoms. The smallest absolute Gasteiger partial charge is 0.122 e. The monoisotopic (exact) mass is 594 g/mol. The molecular formula is C38H42O6. The number of hydrogen-bond acceptors (Lipinski definition) is 6. The van der Waals surface area contributed by atoms with Crippen molar-refractivity contribution in [1.29, 1.82) is 0 Å². The maximum atomic E-state index is 6.18. The second-order valence-corrected chi connectivity index (χ2v) is 11.9. The van der Waals surface area contributed by atoms with Crippen LogP contribution in [0, 0.1) is 0 Å². The molecule has 3 aromatic rings. The molecule has 3 unspecified atom stereocenters. The van der Waals surface area contributed by atoms with Crippen molar-refractivity contribution in [1.82, 2.24) is 0 Å². The van der Waals surface area contributed by atoms with Crippen LogP contribution in [0.3, 0.4) is 0 Å². The second kappa shape index (κ2) is 13.4. The molecule has 6 nitrogen and oxygen atoms in total. The highest BCUT2D eigenvalue weighted by Crippen LogP contribution is 2.43. The first-order valence-corrected chi connectivity index (χ1v) is 15.5. The SMILES string of the molecule is C=CCc1cc(C(C)(c2ccc(OCC3CO3)c(CC=C)c2)c2ccc(OCC3CO3)c(CC=C)c2)ccc1OCC1CO1. The Bertz CT molecular complexity index is 1320. The topological polar surface area (TPSA) is 65.3 Å². The van der Waals surface area contributed by atoms with E-state index in [1.807, 2.05) is 18.2 Å². The molecule has 0 saturated carbocycles. The van der Waals surface area contributed by atoms with Gasteiger partial charge in [0, 0.05) is 5.41 Å². The second-order valence-electron chi connectivity index (χ2n) is 11.9. The Balaban J connectivity index is 1.44. The Morgan fingerprint density at radius 1 is 0.591 bits per heavy atom. The molecule has 6 rings (SSSR count). The lowest BCUT2D eigenvalue weighted by Crippen LogP contribution is -2.26. The summed E-state index contributed by atoms with van der Waals surface area (Å²) in [5.74, 6) is 2.59. The van der Waals surface area contributed by atoms with Crippen LogP contribution in [0.15, 0.2) is 92.6 Å². The van der Waals surface area contributed by atoms with E-state index in [0.717, 1.165) is 70.4 Å². The molecule has 0 bridgehead atoms. The predicted octanol–water partition coefficient (Wildman–Crippen LogP) is 6.56. The van der Waals surface area contributed by atoms with Crippen molar-refractivity contribution in [2.24, 2.45) is 0 Å². The Morgan fingerprint density at radius 3 is 1.14 bits per heavy atom.